The minimum absolute atomic E-state index is 0.0613. The number of carboxylic acids is 1. The van der Waals surface area contributed by atoms with Crippen molar-refractivity contribution < 1.29 is 23.8 Å². The average Bonchev–Trinajstić information content (AvgIpc) is 2.72. The quantitative estimate of drug-likeness (QED) is 0.734. The van der Waals surface area contributed by atoms with Crippen molar-refractivity contribution in [3.8, 4) is 5.75 Å². The summed E-state index contributed by atoms with van der Waals surface area (Å²) in [5, 5.41) is 21.1. The molecule has 0 bridgehead atoms. The van der Waals surface area contributed by atoms with Crippen molar-refractivity contribution in [2.24, 2.45) is 5.92 Å². The molecule has 1 aliphatic heterocycles. The third-order valence-corrected chi connectivity index (χ3v) is 2.91. The Morgan fingerprint density at radius 3 is 2.71 bits per heavy atom. The summed E-state index contributed by atoms with van der Waals surface area (Å²) in [6.07, 6.45) is 0.200. The van der Waals surface area contributed by atoms with Crippen molar-refractivity contribution in [1.29, 1.82) is 0 Å². The van der Waals surface area contributed by atoms with Gasteiger partial charge in [-0.2, -0.15) is 0 Å². The highest BCUT2D eigenvalue weighted by molar-refractivity contribution is 5.70. The van der Waals surface area contributed by atoms with Crippen molar-refractivity contribution in [3.63, 3.8) is 0 Å². The third-order valence-electron chi connectivity index (χ3n) is 2.91. The standard InChI is InChI=1S/C11H11F2NO3/c12-6-2-7(10(15)8(13)3-6)9-1-5(4-14-9)11(16)17/h2-3,5,9,14-15H,1,4H2,(H,16,17). The van der Waals surface area contributed by atoms with Gasteiger partial charge in [0.25, 0.3) is 0 Å². The maximum absolute atomic E-state index is 13.1. The van der Waals surface area contributed by atoms with Crippen LogP contribution >= 0.6 is 0 Å². The van der Waals surface area contributed by atoms with E-state index >= 15 is 0 Å². The fourth-order valence-electron chi connectivity index (χ4n) is 2.01. The molecule has 0 radical (unpaired) electrons. The molecule has 1 fully saturated rings. The van der Waals surface area contributed by atoms with Gasteiger partial charge >= 0.3 is 5.97 Å². The van der Waals surface area contributed by atoms with Gasteiger partial charge in [0.15, 0.2) is 11.6 Å². The summed E-state index contributed by atoms with van der Waals surface area (Å²) in [5.41, 5.74) is 0.0613. The zero-order valence-corrected chi connectivity index (χ0v) is 8.78. The summed E-state index contributed by atoms with van der Waals surface area (Å²) in [5.74, 6) is -4.03. The number of nitrogens with one attached hydrogen (secondary N) is 1. The summed E-state index contributed by atoms with van der Waals surface area (Å²) in [7, 11) is 0. The third kappa shape index (κ3) is 2.21. The average molecular weight is 243 g/mol. The van der Waals surface area contributed by atoms with Crippen molar-refractivity contribution in [2.75, 3.05) is 6.54 Å². The molecule has 3 N–H and O–H groups in total. The van der Waals surface area contributed by atoms with Crippen LogP contribution in [0.25, 0.3) is 0 Å². The predicted octanol–water partition coefficient (Wildman–Crippen LogP) is 1.41. The molecule has 2 unspecified atom stereocenters. The Morgan fingerprint density at radius 2 is 2.12 bits per heavy atom. The highest BCUT2D eigenvalue weighted by atomic mass is 19.1. The van der Waals surface area contributed by atoms with Crippen molar-refractivity contribution in [2.45, 2.75) is 12.5 Å². The molecule has 1 saturated heterocycles. The van der Waals surface area contributed by atoms with Gasteiger partial charge < -0.3 is 15.5 Å². The number of carboxylic acid groups (broad SMARTS) is 1. The SMILES string of the molecule is O=C(O)C1CNC(c2cc(F)cc(F)c2O)C1. The summed E-state index contributed by atoms with van der Waals surface area (Å²) >= 11 is 0. The van der Waals surface area contributed by atoms with Gasteiger partial charge in [0.2, 0.25) is 0 Å². The van der Waals surface area contributed by atoms with E-state index in [4.69, 9.17) is 5.11 Å². The van der Waals surface area contributed by atoms with Gasteiger partial charge in [-0.05, 0) is 12.5 Å². The molecule has 2 rings (SSSR count). The number of aromatic hydroxyl groups is 1. The molecule has 4 nitrogen and oxygen atoms in total. The molecule has 0 aromatic heterocycles. The van der Waals surface area contributed by atoms with Gasteiger partial charge in [0.1, 0.15) is 5.82 Å². The van der Waals surface area contributed by atoms with Crippen LogP contribution in [0.5, 0.6) is 5.75 Å². The van der Waals surface area contributed by atoms with Crippen LogP contribution in [0.3, 0.4) is 0 Å². The smallest absolute Gasteiger partial charge is 0.307 e. The first kappa shape index (κ1) is 11.8. The first-order valence-corrected chi connectivity index (χ1v) is 5.13. The number of phenolic OH excluding ortho intramolecular Hbond substituents is 1. The lowest BCUT2D eigenvalue weighted by atomic mass is 9.99. The maximum atomic E-state index is 13.1. The summed E-state index contributed by atoms with van der Waals surface area (Å²) in [4.78, 5) is 10.7. The zero-order chi connectivity index (χ0) is 12.6. The topological polar surface area (TPSA) is 69.6 Å². The lowest BCUT2D eigenvalue weighted by Gasteiger charge is -2.13. The molecule has 0 aliphatic carbocycles. The van der Waals surface area contributed by atoms with Crippen LogP contribution in [0.2, 0.25) is 0 Å². The molecular weight excluding hydrogens is 232 g/mol. The summed E-state index contributed by atoms with van der Waals surface area (Å²) in [6, 6.07) is 1.06. The Labute approximate surface area is 95.9 Å². The maximum Gasteiger partial charge on any atom is 0.307 e. The molecule has 0 saturated carbocycles. The van der Waals surface area contributed by atoms with Crippen LogP contribution in [0.1, 0.15) is 18.0 Å². The summed E-state index contributed by atoms with van der Waals surface area (Å²) in [6.45, 7) is 0.220. The highest BCUT2D eigenvalue weighted by Gasteiger charge is 2.32. The predicted molar refractivity (Wildman–Crippen MR) is 54.5 cm³/mol. The zero-order valence-electron chi connectivity index (χ0n) is 8.78. The van der Waals surface area contributed by atoms with Gasteiger partial charge in [-0.1, -0.05) is 0 Å². The molecule has 0 amide bonds. The second-order valence-corrected chi connectivity index (χ2v) is 4.06. The fraction of sp³-hybridized carbons (Fsp3) is 0.364. The largest absolute Gasteiger partial charge is 0.505 e. The number of hydrogen-bond donors (Lipinski definition) is 3. The van der Waals surface area contributed by atoms with Crippen LogP contribution < -0.4 is 5.32 Å². The Bertz CT molecular complexity index is 464. The molecule has 6 heteroatoms. The van der Waals surface area contributed by atoms with Crippen molar-refractivity contribution in [3.05, 3.63) is 29.3 Å². The second-order valence-electron chi connectivity index (χ2n) is 4.06. The minimum atomic E-state index is -1.04. The number of aliphatic carboxylic acids is 1. The fourth-order valence-corrected chi connectivity index (χ4v) is 2.01. The molecule has 92 valence electrons. The molecule has 1 aliphatic rings. The molecule has 1 heterocycles. The van der Waals surface area contributed by atoms with Gasteiger partial charge in [0, 0.05) is 24.2 Å². The van der Waals surface area contributed by atoms with E-state index in [0.29, 0.717) is 6.07 Å². The number of benzene rings is 1. The van der Waals surface area contributed by atoms with Gasteiger partial charge in [0.05, 0.1) is 5.92 Å². The van der Waals surface area contributed by atoms with Crippen molar-refractivity contribution >= 4 is 5.97 Å². The monoisotopic (exact) mass is 243 g/mol. The first-order valence-electron chi connectivity index (χ1n) is 5.13. The van der Waals surface area contributed by atoms with Gasteiger partial charge in [-0.3, -0.25) is 4.79 Å². The van der Waals surface area contributed by atoms with Crippen LogP contribution in [-0.4, -0.2) is 22.7 Å². The Kier molecular flexibility index (Phi) is 2.97. The minimum Gasteiger partial charge on any atom is -0.505 e. The Hall–Kier alpha value is -1.69. The van der Waals surface area contributed by atoms with Crippen molar-refractivity contribution in [1.82, 2.24) is 5.32 Å². The van der Waals surface area contributed by atoms with E-state index in [-0.39, 0.29) is 18.5 Å². The van der Waals surface area contributed by atoms with E-state index in [1.807, 2.05) is 0 Å². The lowest BCUT2D eigenvalue weighted by molar-refractivity contribution is -0.141. The molecular formula is C11H11F2NO3. The number of carbonyl (C=O) groups is 1. The van der Waals surface area contributed by atoms with Gasteiger partial charge in [-0.15, -0.1) is 0 Å². The van der Waals surface area contributed by atoms with E-state index in [1.54, 1.807) is 0 Å². The van der Waals surface area contributed by atoms with Crippen LogP contribution in [0.15, 0.2) is 12.1 Å². The number of rotatable bonds is 2. The van der Waals surface area contributed by atoms with Crippen LogP contribution in [-0.2, 0) is 4.79 Å². The number of halogens is 2. The molecule has 17 heavy (non-hydrogen) atoms. The second kappa shape index (κ2) is 4.29. The van der Waals surface area contributed by atoms with Crippen LogP contribution in [0, 0.1) is 17.6 Å². The first-order chi connectivity index (χ1) is 7.99. The normalized spacial score (nSPS) is 23.9. The molecule has 2 atom stereocenters. The number of phenols is 1. The summed E-state index contributed by atoms with van der Waals surface area (Å²) < 4.78 is 26.1. The van der Waals surface area contributed by atoms with Gasteiger partial charge in [-0.25, -0.2) is 8.78 Å². The number of hydrogen-bond acceptors (Lipinski definition) is 3. The highest BCUT2D eigenvalue weighted by Crippen LogP contribution is 2.34. The Balaban J connectivity index is 2.27. The molecule has 1 aromatic rings. The van der Waals surface area contributed by atoms with Crippen LogP contribution in [0.4, 0.5) is 8.78 Å². The molecule has 0 spiro atoms. The lowest BCUT2D eigenvalue weighted by Crippen LogP contribution is -2.17. The molecule has 1 aromatic carbocycles. The van der Waals surface area contributed by atoms with E-state index in [2.05, 4.69) is 5.32 Å². The van der Waals surface area contributed by atoms with E-state index < -0.39 is 35.3 Å². The van der Waals surface area contributed by atoms with E-state index in [1.165, 1.54) is 0 Å². The van der Waals surface area contributed by atoms with E-state index in [9.17, 15) is 18.7 Å². The Morgan fingerprint density at radius 1 is 1.41 bits per heavy atom. The van der Waals surface area contributed by atoms with E-state index in [0.717, 1.165) is 6.07 Å².